The van der Waals surface area contributed by atoms with Gasteiger partial charge in [-0.3, -0.25) is 4.98 Å². The van der Waals surface area contributed by atoms with Gasteiger partial charge in [0, 0.05) is 19.2 Å². The largest absolute Gasteiger partial charge is 0.478 e. The van der Waals surface area contributed by atoms with Crippen LogP contribution in [0.25, 0.3) is 0 Å². The molecule has 0 fully saturated rings. The number of terminal acetylenes is 1. The number of unbranched alkanes of at least 4 members (excludes halogenated alkanes) is 1. The molecule has 0 amide bonds. The molecule has 0 unspecified atom stereocenters. The number of rotatable bonds is 5. The van der Waals surface area contributed by atoms with Gasteiger partial charge < -0.3 is 10.4 Å². The van der Waals surface area contributed by atoms with Crippen LogP contribution < -0.4 is 5.32 Å². The van der Waals surface area contributed by atoms with Gasteiger partial charge in [-0.15, -0.1) is 12.3 Å². The van der Waals surface area contributed by atoms with Gasteiger partial charge in [0.1, 0.15) is 0 Å². The summed E-state index contributed by atoms with van der Waals surface area (Å²) in [6.07, 6.45) is 9.54. The summed E-state index contributed by atoms with van der Waals surface area (Å²) in [5, 5.41) is 11.9. The summed E-state index contributed by atoms with van der Waals surface area (Å²) in [5.74, 6) is 1.56. The highest BCUT2D eigenvalue weighted by Gasteiger charge is 2.08. The van der Waals surface area contributed by atoms with E-state index in [2.05, 4.69) is 16.2 Å². The van der Waals surface area contributed by atoms with E-state index in [1.54, 1.807) is 0 Å². The maximum absolute atomic E-state index is 10.8. The van der Waals surface area contributed by atoms with Crippen LogP contribution in [0.1, 0.15) is 23.2 Å². The van der Waals surface area contributed by atoms with E-state index in [9.17, 15) is 4.79 Å². The van der Waals surface area contributed by atoms with E-state index in [0.717, 1.165) is 6.42 Å². The van der Waals surface area contributed by atoms with Crippen molar-refractivity contribution in [2.45, 2.75) is 12.8 Å². The fraction of sp³-hybridized carbons (Fsp3) is 0.273. The highest BCUT2D eigenvalue weighted by Crippen LogP contribution is 2.12. The Bertz CT molecular complexity index is 382. The number of pyridine rings is 1. The van der Waals surface area contributed by atoms with E-state index in [1.807, 2.05) is 0 Å². The first kappa shape index (κ1) is 11.1. The molecule has 0 aromatic carbocycles. The number of anilines is 1. The summed E-state index contributed by atoms with van der Waals surface area (Å²) < 4.78 is 0. The number of aromatic nitrogens is 1. The molecule has 4 nitrogen and oxygen atoms in total. The fourth-order valence-electron chi connectivity index (χ4n) is 1.14. The number of hydrogen-bond acceptors (Lipinski definition) is 3. The standard InChI is InChI=1S/C11H12N2O2/c1-2-3-4-6-13-10-8-12-7-5-9(10)11(14)15/h1,5,7-8,13H,3-4,6H2,(H,14,15). The van der Waals surface area contributed by atoms with E-state index in [4.69, 9.17) is 11.5 Å². The third-order valence-electron chi connectivity index (χ3n) is 1.86. The van der Waals surface area contributed by atoms with E-state index < -0.39 is 5.97 Å². The molecule has 1 aromatic heterocycles. The average molecular weight is 204 g/mol. The lowest BCUT2D eigenvalue weighted by Crippen LogP contribution is -2.07. The van der Waals surface area contributed by atoms with Crippen molar-refractivity contribution >= 4 is 11.7 Å². The lowest BCUT2D eigenvalue weighted by atomic mass is 10.2. The van der Waals surface area contributed by atoms with Crippen molar-refractivity contribution in [1.82, 2.24) is 4.98 Å². The second kappa shape index (κ2) is 5.66. The van der Waals surface area contributed by atoms with Gasteiger partial charge >= 0.3 is 5.97 Å². The average Bonchev–Trinajstić information content (AvgIpc) is 2.25. The number of hydrogen-bond donors (Lipinski definition) is 2. The van der Waals surface area contributed by atoms with Crippen LogP contribution in [0, 0.1) is 12.3 Å². The van der Waals surface area contributed by atoms with Gasteiger partial charge in [0.25, 0.3) is 0 Å². The van der Waals surface area contributed by atoms with Crippen LogP contribution in [0.5, 0.6) is 0 Å². The Morgan fingerprint density at radius 1 is 1.67 bits per heavy atom. The molecule has 1 aromatic rings. The molecule has 0 aliphatic carbocycles. The molecule has 0 saturated heterocycles. The molecular formula is C11H12N2O2. The van der Waals surface area contributed by atoms with E-state index in [1.165, 1.54) is 18.5 Å². The Balaban J connectivity index is 2.60. The molecule has 78 valence electrons. The summed E-state index contributed by atoms with van der Waals surface area (Å²) in [5.41, 5.74) is 0.757. The van der Waals surface area contributed by atoms with Gasteiger partial charge in [-0.25, -0.2) is 4.79 Å². The van der Waals surface area contributed by atoms with E-state index >= 15 is 0 Å². The number of carboxylic acids is 1. The molecule has 15 heavy (non-hydrogen) atoms. The Hall–Kier alpha value is -2.02. The first-order valence-corrected chi connectivity index (χ1v) is 4.60. The Labute approximate surface area is 88.3 Å². The highest BCUT2D eigenvalue weighted by molar-refractivity contribution is 5.93. The SMILES string of the molecule is C#CCCCNc1cnccc1C(=O)O. The quantitative estimate of drug-likeness (QED) is 0.565. The fourth-order valence-corrected chi connectivity index (χ4v) is 1.14. The maximum Gasteiger partial charge on any atom is 0.337 e. The first-order valence-electron chi connectivity index (χ1n) is 4.60. The first-order chi connectivity index (χ1) is 7.25. The van der Waals surface area contributed by atoms with Gasteiger partial charge in [-0.05, 0) is 12.5 Å². The van der Waals surface area contributed by atoms with Crippen LogP contribution in [0.15, 0.2) is 18.5 Å². The molecule has 0 radical (unpaired) electrons. The van der Waals surface area contributed by atoms with Crippen LogP contribution in [-0.4, -0.2) is 22.6 Å². The van der Waals surface area contributed by atoms with Crippen LogP contribution in [-0.2, 0) is 0 Å². The monoisotopic (exact) mass is 204 g/mol. The minimum absolute atomic E-state index is 0.228. The molecular weight excluding hydrogens is 192 g/mol. The molecule has 0 spiro atoms. The molecule has 0 aliphatic heterocycles. The second-order valence-electron chi connectivity index (χ2n) is 2.96. The minimum Gasteiger partial charge on any atom is -0.478 e. The van der Waals surface area contributed by atoms with Crippen molar-refractivity contribution in [3.63, 3.8) is 0 Å². The molecule has 4 heteroatoms. The van der Waals surface area contributed by atoms with E-state index in [-0.39, 0.29) is 5.56 Å². The molecule has 0 bridgehead atoms. The van der Waals surface area contributed by atoms with E-state index in [0.29, 0.717) is 18.7 Å². The zero-order valence-electron chi connectivity index (χ0n) is 8.23. The number of aromatic carboxylic acids is 1. The normalized spacial score (nSPS) is 9.27. The van der Waals surface area contributed by atoms with Gasteiger partial charge in [0.05, 0.1) is 17.4 Å². The Morgan fingerprint density at radius 2 is 2.47 bits per heavy atom. The number of carboxylic acid groups (broad SMARTS) is 1. The topological polar surface area (TPSA) is 62.2 Å². The van der Waals surface area contributed by atoms with Crippen molar-refractivity contribution in [3.8, 4) is 12.3 Å². The zero-order chi connectivity index (χ0) is 11.1. The molecule has 1 heterocycles. The molecule has 0 saturated carbocycles. The predicted molar refractivity (Wildman–Crippen MR) is 57.8 cm³/mol. The lowest BCUT2D eigenvalue weighted by Gasteiger charge is -2.07. The third-order valence-corrected chi connectivity index (χ3v) is 1.86. The van der Waals surface area contributed by atoms with Gasteiger partial charge in [0.2, 0.25) is 0 Å². The second-order valence-corrected chi connectivity index (χ2v) is 2.96. The summed E-state index contributed by atoms with van der Waals surface area (Å²) in [7, 11) is 0. The smallest absolute Gasteiger partial charge is 0.337 e. The summed E-state index contributed by atoms with van der Waals surface area (Å²) in [6, 6.07) is 1.46. The third kappa shape index (κ3) is 3.31. The van der Waals surface area contributed by atoms with Crippen LogP contribution in [0.4, 0.5) is 5.69 Å². The number of nitrogens with one attached hydrogen (secondary N) is 1. The zero-order valence-corrected chi connectivity index (χ0v) is 8.23. The van der Waals surface area contributed by atoms with Crippen molar-refractivity contribution in [3.05, 3.63) is 24.0 Å². The molecule has 1 rings (SSSR count). The highest BCUT2D eigenvalue weighted by atomic mass is 16.4. The summed E-state index contributed by atoms with van der Waals surface area (Å²) >= 11 is 0. The van der Waals surface area contributed by atoms with Gasteiger partial charge in [-0.1, -0.05) is 0 Å². The van der Waals surface area contributed by atoms with Crippen molar-refractivity contribution in [2.24, 2.45) is 0 Å². The Morgan fingerprint density at radius 3 is 3.13 bits per heavy atom. The van der Waals surface area contributed by atoms with Crippen molar-refractivity contribution in [1.29, 1.82) is 0 Å². The minimum atomic E-state index is -0.961. The van der Waals surface area contributed by atoms with Crippen molar-refractivity contribution < 1.29 is 9.90 Å². The van der Waals surface area contributed by atoms with Crippen LogP contribution >= 0.6 is 0 Å². The lowest BCUT2D eigenvalue weighted by molar-refractivity contribution is 0.0698. The summed E-state index contributed by atoms with van der Waals surface area (Å²) in [4.78, 5) is 14.7. The Kier molecular flexibility index (Phi) is 4.17. The molecule has 0 atom stereocenters. The maximum atomic E-state index is 10.8. The van der Waals surface area contributed by atoms with Crippen molar-refractivity contribution in [2.75, 3.05) is 11.9 Å². The van der Waals surface area contributed by atoms with Crippen LogP contribution in [0.3, 0.4) is 0 Å². The predicted octanol–water partition coefficient (Wildman–Crippen LogP) is 1.61. The number of carbonyl (C=O) groups is 1. The van der Waals surface area contributed by atoms with Crippen LogP contribution in [0.2, 0.25) is 0 Å². The van der Waals surface area contributed by atoms with Gasteiger partial charge in [0.15, 0.2) is 0 Å². The summed E-state index contributed by atoms with van der Waals surface area (Å²) in [6.45, 7) is 0.649. The van der Waals surface area contributed by atoms with Gasteiger partial charge in [-0.2, -0.15) is 0 Å². The number of nitrogens with zero attached hydrogens (tertiary/aromatic N) is 1. The molecule has 0 aliphatic rings. The molecule has 2 N–H and O–H groups in total.